The van der Waals surface area contributed by atoms with Crippen molar-refractivity contribution >= 4 is 33.4 Å². The van der Waals surface area contributed by atoms with E-state index >= 15 is 0 Å². The molecule has 2 heterocycles. The van der Waals surface area contributed by atoms with Crippen LogP contribution in [0.15, 0.2) is 41.5 Å². The summed E-state index contributed by atoms with van der Waals surface area (Å²) in [6.45, 7) is 2.44. The normalized spacial score (nSPS) is 10.9. The van der Waals surface area contributed by atoms with Gasteiger partial charge in [-0.05, 0) is 24.5 Å². The molecule has 0 radical (unpaired) electrons. The summed E-state index contributed by atoms with van der Waals surface area (Å²) in [5, 5.41) is 3.14. The van der Waals surface area contributed by atoms with Crippen LogP contribution in [-0.4, -0.2) is 48.3 Å². The Morgan fingerprint density at radius 2 is 1.97 bits per heavy atom. The summed E-state index contributed by atoms with van der Waals surface area (Å²) in [7, 11) is 1.52. The molecule has 3 rings (SSSR count). The lowest BCUT2D eigenvalue weighted by Crippen LogP contribution is -2.33. The molecule has 30 heavy (non-hydrogen) atoms. The maximum absolute atomic E-state index is 12.9. The first-order valence-corrected chi connectivity index (χ1v) is 10.3. The standard InChI is InChI=1S/C21H23N3O5S/c1-14-17-19(30-18(14)21(27)29-11-10-28-2)23-13-24(20(17)26)12-16(25)22-9-8-15-6-4-3-5-7-15/h3-7,13H,8-12H2,1-2H3,(H,22,25). The molecule has 158 valence electrons. The highest BCUT2D eigenvalue weighted by atomic mass is 32.1. The van der Waals surface area contributed by atoms with Crippen molar-refractivity contribution in [3.8, 4) is 0 Å². The van der Waals surface area contributed by atoms with Gasteiger partial charge in [-0.15, -0.1) is 11.3 Å². The Bertz CT molecular complexity index is 1090. The number of carbonyl (C=O) groups excluding carboxylic acids is 2. The third-order valence-corrected chi connectivity index (χ3v) is 5.70. The van der Waals surface area contributed by atoms with E-state index < -0.39 is 5.97 Å². The molecular formula is C21H23N3O5S. The first-order valence-electron chi connectivity index (χ1n) is 9.46. The Hall–Kier alpha value is -3.04. The van der Waals surface area contributed by atoms with Gasteiger partial charge in [0.2, 0.25) is 5.91 Å². The van der Waals surface area contributed by atoms with Crippen LogP contribution in [-0.2, 0) is 27.2 Å². The van der Waals surface area contributed by atoms with E-state index in [1.165, 1.54) is 18.0 Å². The Morgan fingerprint density at radius 3 is 2.70 bits per heavy atom. The lowest BCUT2D eigenvalue weighted by molar-refractivity contribution is -0.121. The molecule has 0 aliphatic carbocycles. The van der Waals surface area contributed by atoms with Gasteiger partial charge >= 0.3 is 5.97 Å². The average Bonchev–Trinajstić information content (AvgIpc) is 3.08. The van der Waals surface area contributed by atoms with Gasteiger partial charge in [-0.1, -0.05) is 30.3 Å². The molecule has 0 aliphatic rings. The molecule has 0 bridgehead atoms. The second-order valence-corrected chi connectivity index (χ2v) is 7.63. The fraction of sp³-hybridized carbons (Fsp3) is 0.333. The van der Waals surface area contributed by atoms with E-state index in [2.05, 4.69) is 10.3 Å². The van der Waals surface area contributed by atoms with Crippen LogP contribution < -0.4 is 10.9 Å². The predicted molar refractivity (Wildman–Crippen MR) is 114 cm³/mol. The molecule has 1 N–H and O–H groups in total. The summed E-state index contributed by atoms with van der Waals surface area (Å²) < 4.78 is 11.3. The number of esters is 1. The molecule has 0 saturated heterocycles. The van der Waals surface area contributed by atoms with E-state index in [1.54, 1.807) is 6.92 Å². The van der Waals surface area contributed by atoms with Crippen LogP contribution in [0.3, 0.4) is 0 Å². The number of aryl methyl sites for hydroxylation is 1. The van der Waals surface area contributed by atoms with Crippen molar-refractivity contribution in [2.45, 2.75) is 19.9 Å². The Labute approximate surface area is 177 Å². The van der Waals surface area contributed by atoms with E-state index in [-0.39, 0.29) is 24.6 Å². The van der Waals surface area contributed by atoms with Crippen LogP contribution in [0.5, 0.6) is 0 Å². The number of nitrogens with one attached hydrogen (secondary N) is 1. The smallest absolute Gasteiger partial charge is 0.348 e. The van der Waals surface area contributed by atoms with E-state index in [1.807, 2.05) is 30.3 Å². The maximum atomic E-state index is 12.9. The first-order chi connectivity index (χ1) is 14.5. The zero-order valence-electron chi connectivity index (χ0n) is 16.8. The number of methoxy groups -OCH3 is 1. The average molecular weight is 429 g/mol. The van der Waals surface area contributed by atoms with Gasteiger partial charge in [0.15, 0.2) is 0 Å². The number of thiophene rings is 1. The molecule has 2 aromatic heterocycles. The molecule has 0 spiro atoms. The number of amides is 1. The van der Waals surface area contributed by atoms with Crippen LogP contribution in [0.4, 0.5) is 0 Å². The van der Waals surface area contributed by atoms with Crippen molar-refractivity contribution in [3.05, 3.63) is 63.0 Å². The van der Waals surface area contributed by atoms with Gasteiger partial charge in [-0.2, -0.15) is 0 Å². The molecule has 0 atom stereocenters. The van der Waals surface area contributed by atoms with E-state index in [4.69, 9.17) is 9.47 Å². The molecule has 0 unspecified atom stereocenters. The summed E-state index contributed by atoms with van der Waals surface area (Å²) in [5.74, 6) is -0.793. The van der Waals surface area contributed by atoms with Gasteiger partial charge in [0.1, 0.15) is 22.9 Å². The first kappa shape index (κ1) is 21.7. The molecule has 1 amide bonds. The van der Waals surface area contributed by atoms with Crippen LogP contribution in [0.2, 0.25) is 0 Å². The molecule has 9 heteroatoms. The summed E-state index contributed by atoms with van der Waals surface area (Å²) in [5.41, 5.74) is 1.27. The van der Waals surface area contributed by atoms with E-state index in [0.717, 1.165) is 16.9 Å². The fourth-order valence-electron chi connectivity index (χ4n) is 2.95. The second-order valence-electron chi connectivity index (χ2n) is 6.63. The Balaban J connectivity index is 1.68. The number of ether oxygens (including phenoxy) is 2. The summed E-state index contributed by atoms with van der Waals surface area (Å²) >= 11 is 1.10. The van der Waals surface area contributed by atoms with Gasteiger partial charge in [0, 0.05) is 13.7 Å². The highest BCUT2D eigenvalue weighted by molar-refractivity contribution is 7.20. The predicted octanol–water partition coefficient (Wildman–Crippen LogP) is 1.93. The van der Waals surface area contributed by atoms with Gasteiger partial charge in [0.25, 0.3) is 5.56 Å². The molecule has 3 aromatic rings. The van der Waals surface area contributed by atoms with Crippen molar-refractivity contribution in [2.24, 2.45) is 0 Å². The van der Waals surface area contributed by atoms with E-state index in [9.17, 15) is 14.4 Å². The monoisotopic (exact) mass is 429 g/mol. The van der Waals surface area contributed by atoms with Crippen molar-refractivity contribution in [2.75, 3.05) is 26.9 Å². The maximum Gasteiger partial charge on any atom is 0.348 e. The lowest BCUT2D eigenvalue weighted by atomic mass is 10.1. The van der Waals surface area contributed by atoms with Crippen molar-refractivity contribution < 1.29 is 19.1 Å². The summed E-state index contributed by atoms with van der Waals surface area (Å²) in [4.78, 5) is 42.4. The Kier molecular flexibility index (Phi) is 7.31. The van der Waals surface area contributed by atoms with Crippen LogP contribution in [0.25, 0.3) is 10.2 Å². The van der Waals surface area contributed by atoms with E-state index in [0.29, 0.717) is 40.2 Å². The second kappa shape index (κ2) is 10.1. The quantitative estimate of drug-likeness (QED) is 0.412. The highest BCUT2D eigenvalue weighted by Gasteiger charge is 2.21. The molecule has 0 fully saturated rings. The minimum Gasteiger partial charge on any atom is -0.459 e. The minimum atomic E-state index is -0.517. The number of aromatic nitrogens is 2. The SMILES string of the molecule is COCCOC(=O)c1sc2ncn(CC(=O)NCCc3ccccc3)c(=O)c2c1C. The van der Waals surface area contributed by atoms with Crippen molar-refractivity contribution in [1.82, 2.24) is 14.9 Å². The lowest BCUT2D eigenvalue weighted by Gasteiger charge is -2.07. The van der Waals surface area contributed by atoms with Crippen LogP contribution in [0, 0.1) is 6.92 Å². The van der Waals surface area contributed by atoms with Crippen LogP contribution in [0.1, 0.15) is 20.8 Å². The highest BCUT2D eigenvalue weighted by Crippen LogP contribution is 2.27. The largest absolute Gasteiger partial charge is 0.459 e. The minimum absolute atomic E-state index is 0.129. The molecular weight excluding hydrogens is 406 g/mol. The van der Waals surface area contributed by atoms with Gasteiger partial charge in [-0.3, -0.25) is 14.2 Å². The summed E-state index contributed by atoms with van der Waals surface area (Å²) in [6, 6.07) is 9.82. The zero-order valence-corrected chi connectivity index (χ0v) is 17.7. The van der Waals surface area contributed by atoms with Gasteiger partial charge < -0.3 is 14.8 Å². The number of rotatable bonds is 9. The van der Waals surface area contributed by atoms with Gasteiger partial charge in [-0.25, -0.2) is 9.78 Å². The number of carbonyl (C=O) groups is 2. The van der Waals surface area contributed by atoms with Crippen LogP contribution >= 0.6 is 11.3 Å². The molecule has 0 saturated carbocycles. The van der Waals surface area contributed by atoms with Crippen molar-refractivity contribution in [3.63, 3.8) is 0 Å². The third-order valence-electron chi connectivity index (χ3n) is 4.52. The molecule has 8 nitrogen and oxygen atoms in total. The molecule has 1 aromatic carbocycles. The van der Waals surface area contributed by atoms with Crippen molar-refractivity contribution in [1.29, 1.82) is 0 Å². The van der Waals surface area contributed by atoms with Gasteiger partial charge in [0.05, 0.1) is 18.3 Å². The Morgan fingerprint density at radius 1 is 1.20 bits per heavy atom. The number of nitrogens with zero attached hydrogens (tertiary/aromatic N) is 2. The number of fused-ring (bicyclic) bond motifs is 1. The summed E-state index contributed by atoms with van der Waals surface area (Å²) in [6.07, 6.45) is 2.04. The third kappa shape index (κ3) is 5.11. The topological polar surface area (TPSA) is 99.5 Å². The number of hydrogen-bond acceptors (Lipinski definition) is 7. The number of hydrogen-bond donors (Lipinski definition) is 1. The fourth-order valence-corrected chi connectivity index (χ4v) is 3.98. The molecule has 0 aliphatic heterocycles. The number of benzene rings is 1. The zero-order chi connectivity index (χ0) is 21.5.